The number of hydrogen-bond donors (Lipinski definition) is 1. The molecule has 1 aromatic carbocycles. The van der Waals surface area contributed by atoms with Crippen molar-refractivity contribution in [1.82, 2.24) is 5.32 Å². The molecule has 0 amide bonds. The zero-order valence-electron chi connectivity index (χ0n) is 11.9. The molecule has 1 nitrogen and oxygen atoms in total. The number of rotatable bonds is 7. The number of benzene rings is 1. The van der Waals surface area contributed by atoms with Crippen molar-refractivity contribution in [2.24, 2.45) is 0 Å². The Kier molecular flexibility index (Phi) is 7.22. The van der Waals surface area contributed by atoms with Crippen molar-refractivity contribution >= 4 is 0 Å². The average molecular weight is 243 g/mol. The third-order valence-electron chi connectivity index (χ3n) is 3.07. The lowest BCUT2D eigenvalue weighted by Gasteiger charge is -2.19. The minimum absolute atomic E-state index is 0.548. The molecule has 1 N–H and O–H groups in total. The van der Waals surface area contributed by atoms with Crippen LogP contribution in [-0.4, -0.2) is 12.6 Å². The highest BCUT2D eigenvalue weighted by Gasteiger charge is 2.10. The molecule has 18 heavy (non-hydrogen) atoms. The minimum Gasteiger partial charge on any atom is -0.314 e. The lowest BCUT2D eigenvalue weighted by molar-refractivity contribution is 0.500. The lowest BCUT2D eigenvalue weighted by Crippen LogP contribution is -2.28. The maximum Gasteiger partial charge on any atom is 0.00888 e. The van der Waals surface area contributed by atoms with E-state index in [4.69, 9.17) is 0 Å². The summed E-state index contributed by atoms with van der Waals surface area (Å²) in [4.78, 5) is 0. The first-order valence-electron chi connectivity index (χ1n) is 6.92. The van der Waals surface area contributed by atoms with Crippen LogP contribution in [0.4, 0.5) is 0 Å². The molecule has 0 bridgehead atoms. The highest BCUT2D eigenvalue weighted by atomic mass is 14.9. The van der Waals surface area contributed by atoms with Crippen LogP contribution in [0.25, 0.3) is 0 Å². The van der Waals surface area contributed by atoms with Crippen LogP contribution in [0.15, 0.2) is 30.3 Å². The molecule has 0 fully saturated rings. The summed E-state index contributed by atoms with van der Waals surface area (Å²) in [7, 11) is 0. The first kappa shape index (κ1) is 14.8. The van der Waals surface area contributed by atoms with E-state index in [1.165, 1.54) is 18.4 Å². The van der Waals surface area contributed by atoms with Gasteiger partial charge in [0.2, 0.25) is 0 Å². The van der Waals surface area contributed by atoms with E-state index in [9.17, 15) is 0 Å². The zero-order valence-corrected chi connectivity index (χ0v) is 11.9. The maximum absolute atomic E-state index is 3.55. The highest BCUT2D eigenvalue weighted by Crippen LogP contribution is 2.21. The van der Waals surface area contributed by atoms with Gasteiger partial charge < -0.3 is 5.32 Å². The van der Waals surface area contributed by atoms with Crippen LogP contribution >= 0.6 is 0 Å². The van der Waals surface area contributed by atoms with Gasteiger partial charge in [-0.25, -0.2) is 0 Å². The fourth-order valence-corrected chi connectivity index (χ4v) is 2.05. The molecule has 1 rings (SSSR count). The largest absolute Gasteiger partial charge is 0.314 e. The van der Waals surface area contributed by atoms with Crippen LogP contribution in [0, 0.1) is 11.8 Å². The SMILES string of the molecule is CC#CCCCC(CNC(C)C)c1ccccc1. The monoisotopic (exact) mass is 243 g/mol. The summed E-state index contributed by atoms with van der Waals surface area (Å²) in [5.74, 6) is 6.72. The van der Waals surface area contributed by atoms with E-state index in [-0.39, 0.29) is 0 Å². The first-order chi connectivity index (χ1) is 8.74. The maximum atomic E-state index is 3.55. The van der Waals surface area contributed by atoms with Gasteiger partial charge in [0.15, 0.2) is 0 Å². The summed E-state index contributed by atoms with van der Waals surface area (Å²) in [6.07, 6.45) is 3.40. The molecule has 1 aromatic rings. The number of unbranched alkanes of at least 4 members (excludes halogenated alkanes) is 1. The number of hydrogen-bond acceptors (Lipinski definition) is 1. The van der Waals surface area contributed by atoms with Crippen molar-refractivity contribution < 1.29 is 0 Å². The van der Waals surface area contributed by atoms with E-state index in [2.05, 4.69) is 61.3 Å². The molecule has 0 aliphatic rings. The van der Waals surface area contributed by atoms with Gasteiger partial charge in [0.25, 0.3) is 0 Å². The fourth-order valence-electron chi connectivity index (χ4n) is 2.05. The van der Waals surface area contributed by atoms with E-state index in [1.807, 2.05) is 6.92 Å². The van der Waals surface area contributed by atoms with Crippen molar-refractivity contribution in [1.29, 1.82) is 0 Å². The Morgan fingerprint density at radius 2 is 1.89 bits per heavy atom. The Bertz CT molecular complexity index is 370. The lowest BCUT2D eigenvalue weighted by atomic mass is 9.93. The smallest absolute Gasteiger partial charge is 0.00888 e. The fraction of sp³-hybridized carbons (Fsp3) is 0.529. The molecule has 0 radical (unpaired) electrons. The van der Waals surface area contributed by atoms with E-state index < -0.39 is 0 Å². The van der Waals surface area contributed by atoms with Crippen LogP contribution in [0.5, 0.6) is 0 Å². The van der Waals surface area contributed by atoms with Crippen LogP contribution < -0.4 is 5.32 Å². The van der Waals surface area contributed by atoms with E-state index >= 15 is 0 Å². The summed E-state index contributed by atoms with van der Waals surface area (Å²) in [6.45, 7) is 7.37. The first-order valence-corrected chi connectivity index (χ1v) is 6.92. The number of nitrogens with one attached hydrogen (secondary N) is 1. The van der Waals surface area contributed by atoms with Crippen molar-refractivity contribution in [3.05, 3.63) is 35.9 Å². The molecule has 0 aliphatic heterocycles. The van der Waals surface area contributed by atoms with Crippen LogP contribution in [0.3, 0.4) is 0 Å². The third-order valence-corrected chi connectivity index (χ3v) is 3.07. The second-order valence-corrected chi connectivity index (χ2v) is 4.99. The Hall–Kier alpha value is -1.26. The van der Waals surface area contributed by atoms with E-state index in [0.29, 0.717) is 12.0 Å². The van der Waals surface area contributed by atoms with Crippen LogP contribution in [0.2, 0.25) is 0 Å². The van der Waals surface area contributed by atoms with Gasteiger partial charge in [0.1, 0.15) is 0 Å². The predicted octanol–water partition coefficient (Wildman–Crippen LogP) is 3.96. The third kappa shape index (κ3) is 5.89. The molecule has 0 heterocycles. The van der Waals surface area contributed by atoms with Gasteiger partial charge in [-0.15, -0.1) is 11.8 Å². The van der Waals surface area contributed by atoms with Gasteiger partial charge >= 0.3 is 0 Å². The van der Waals surface area contributed by atoms with Crippen molar-refractivity contribution in [3.8, 4) is 11.8 Å². The summed E-state index contributed by atoms with van der Waals surface area (Å²) < 4.78 is 0. The van der Waals surface area contributed by atoms with Crippen molar-refractivity contribution in [2.45, 2.75) is 52.0 Å². The standard InChI is InChI=1S/C17H25N/c1-4-5-6-8-13-17(14-18-15(2)3)16-11-9-7-10-12-16/h7,9-12,15,17-18H,6,8,13-14H2,1-3H3. The molecule has 0 saturated carbocycles. The average Bonchev–Trinajstić information content (AvgIpc) is 2.38. The van der Waals surface area contributed by atoms with E-state index in [1.54, 1.807) is 0 Å². The summed E-state index contributed by atoms with van der Waals surface area (Å²) in [6, 6.07) is 11.4. The Balaban J connectivity index is 2.54. The van der Waals surface area contributed by atoms with Gasteiger partial charge in [-0.1, -0.05) is 44.2 Å². The van der Waals surface area contributed by atoms with Gasteiger partial charge in [0.05, 0.1) is 0 Å². The minimum atomic E-state index is 0.548. The Labute approximate surface area is 112 Å². The highest BCUT2D eigenvalue weighted by molar-refractivity contribution is 5.19. The van der Waals surface area contributed by atoms with E-state index in [0.717, 1.165) is 13.0 Å². The quantitative estimate of drug-likeness (QED) is 0.564. The topological polar surface area (TPSA) is 12.0 Å². The van der Waals surface area contributed by atoms with Gasteiger partial charge in [0, 0.05) is 19.0 Å². The molecular weight excluding hydrogens is 218 g/mol. The second-order valence-electron chi connectivity index (χ2n) is 4.99. The van der Waals surface area contributed by atoms with Gasteiger partial charge in [-0.2, -0.15) is 0 Å². The van der Waals surface area contributed by atoms with Crippen LogP contribution in [-0.2, 0) is 0 Å². The summed E-state index contributed by atoms with van der Waals surface area (Å²) >= 11 is 0. The van der Waals surface area contributed by atoms with Gasteiger partial charge in [-0.3, -0.25) is 0 Å². The van der Waals surface area contributed by atoms with Gasteiger partial charge in [-0.05, 0) is 31.2 Å². The summed E-state index contributed by atoms with van der Waals surface area (Å²) in [5.41, 5.74) is 1.44. The molecule has 0 spiro atoms. The predicted molar refractivity (Wildman–Crippen MR) is 79.6 cm³/mol. The zero-order chi connectivity index (χ0) is 13.2. The Morgan fingerprint density at radius 3 is 2.50 bits per heavy atom. The molecule has 1 heteroatoms. The van der Waals surface area contributed by atoms with Crippen LogP contribution in [0.1, 0.15) is 51.5 Å². The molecule has 0 aromatic heterocycles. The molecule has 98 valence electrons. The van der Waals surface area contributed by atoms with Crippen molar-refractivity contribution in [2.75, 3.05) is 6.54 Å². The molecule has 1 atom stereocenters. The summed E-state index contributed by atoms with van der Waals surface area (Å²) in [5, 5.41) is 3.55. The molecular formula is C17H25N. The van der Waals surface area contributed by atoms with Crippen molar-refractivity contribution in [3.63, 3.8) is 0 Å². The molecule has 0 aliphatic carbocycles. The Morgan fingerprint density at radius 1 is 1.17 bits per heavy atom. The molecule has 1 unspecified atom stereocenters. The normalized spacial score (nSPS) is 12.0. The molecule has 0 saturated heterocycles. The second kappa shape index (κ2) is 8.78.